The van der Waals surface area contributed by atoms with E-state index in [2.05, 4.69) is 9.97 Å². The van der Waals surface area contributed by atoms with Gasteiger partial charge in [-0.25, -0.2) is 8.78 Å². The van der Waals surface area contributed by atoms with Gasteiger partial charge in [0.2, 0.25) is 0 Å². The molecular formula is C21H20ClF2N3O3. The Morgan fingerprint density at radius 1 is 1.13 bits per heavy atom. The molecule has 0 atom stereocenters. The van der Waals surface area contributed by atoms with Crippen molar-refractivity contribution in [2.24, 2.45) is 0 Å². The fourth-order valence-corrected chi connectivity index (χ4v) is 2.81. The van der Waals surface area contributed by atoms with Gasteiger partial charge in [-0.2, -0.15) is 0 Å². The fourth-order valence-electron chi connectivity index (χ4n) is 2.62. The minimum Gasteiger partial charge on any atom is -0.485 e. The Kier molecular flexibility index (Phi) is 7.77. The molecule has 0 radical (unpaired) electrons. The van der Waals surface area contributed by atoms with E-state index in [1.165, 1.54) is 22.9 Å². The summed E-state index contributed by atoms with van der Waals surface area (Å²) in [6.07, 6.45) is 2.92. The van der Waals surface area contributed by atoms with Gasteiger partial charge in [-0.05, 0) is 25.5 Å². The number of aromatic nitrogens is 3. The summed E-state index contributed by atoms with van der Waals surface area (Å²) in [4.78, 5) is 31.4. The van der Waals surface area contributed by atoms with E-state index >= 15 is 0 Å². The molecule has 3 heterocycles. The van der Waals surface area contributed by atoms with Crippen LogP contribution in [-0.4, -0.2) is 20.8 Å². The van der Waals surface area contributed by atoms with E-state index in [1.807, 2.05) is 13.8 Å². The topological polar surface area (TPSA) is 74.1 Å². The van der Waals surface area contributed by atoms with Crippen LogP contribution in [0.4, 0.5) is 8.78 Å². The summed E-state index contributed by atoms with van der Waals surface area (Å²) in [7, 11) is 0. The fraction of sp³-hybridized carbons (Fsp3) is 0.238. The van der Waals surface area contributed by atoms with Gasteiger partial charge in [-0.1, -0.05) is 25.4 Å². The zero-order valence-electron chi connectivity index (χ0n) is 16.9. The van der Waals surface area contributed by atoms with Gasteiger partial charge < -0.3 is 4.74 Å². The van der Waals surface area contributed by atoms with Crippen molar-refractivity contribution in [3.63, 3.8) is 0 Å². The first-order valence-electron chi connectivity index (χ1n) is 9.09. The van der Waals surface area contributed by atoms with Gasteiger partial charge in [-0.3, -0.25) is 24.1 Å². The highest BCUT2D eigenvalue weighted by atomic mass is 35.5. The molecule has 0 bridgehead atoms. The molecule has 0 N–H and O–H groups in total. The van der Waals surface area contributed by atoms with Gasteiger partial charge in [-0.15, -0.1) is 0 Å². The molecule has 3 rings (SSSR count). The summed E-state index contributed by atoms with van der Waals surface area (Å²) >= 11 is 6.16. The van der Waals surface area contributed by atoms with E-state index in [9.17, 15) is 18.4 Å². The Hall–Kier alpha value is -3.13. The quantitative estimate of drug-likeness (QED) is 0.548. The van der Waals surface area contributed by atoms with Crippen molar-refractivity contribution in [1.29, 1.82) is 0 Å². The van der Waals surface area contributed by atoms with Gasteiger partial charge in [0.05, 0.1) is 11.9 Å². The number of ether oxygens (including phenoxy) is 1. The zero-order valence-corrected chi connectivity index (χ0v) is 17.6. The Morgan fingerprint density at radius 3 is 2.47 bits per heavy atom. The number of rotatable bonds is 5. The van der Waals surface area contributed by atoms with Crippen LogP contribution in [0.1, 0.15) is 41.3 Å². The monoisotopic (exact) mass is 435 g/mol. The third-order valence-electron chi connectivity index (χ3n) is 4.01. The number of aryl methyl sites for hydroxylation is 2. The number of nitrogens with zero attached hydrogens (tertiary/aromatic N) is 3. The minimum atomic E-state index is -0.866. The number of pyridine rings is 3. The first kappa shape index (κ1) is 23.2. The van der Waals surface area contributed by atoms with Crippen LogP contribution in [0, 0.1) is 25.5 Å². The molecule has 0 aliphatic rings. The predicted octanol–water partition coefficient (Wildman–Crippen LogP) is 4.59. The van der Waals surface area contributed by atoms with E-state index in [0.717, 1.165) is 6.20 Å². The van der Waals surface area contributed by atoms with E-state index in [4.69, 9.17) is 16.3 Å². The highest BCUT2D eigenvalue weighted by molar-refractivity contribution is 6.31. The first-order valence-corrected chi connectivity index (χ1v) is 9.46. The summed E-state index contributed by atoms with van der Waals surface area (Å²) in [5.74, 6) is -1.64. The van der Waals surface area contributed by atoms with E-state index < -0.39 is 17.2 Å². The lowest BCUT2D eigenvalue weighted by atomic mass is 10.2. The Morgan fingerprint density at radius 2 is 1.83 bits per heavy atom. The van der Waals surface area contributed by atoms with Gasteiger partial charge in [0.1, 0.15) is 34.6 Å². The minimum absolute atomic E-state index is 0.0354. The van der Waals surface area contributed by atoms with Crippen molar-refractivity contribution < 1.29 is 18.3 Å². The van der Waals surface area contributed by atoms with E-state index in [-0.39, 0.29) is 28.8 Å². The summed E-state index contributed by atoms with van der Waals surface area (Å²) < 4.78 is 33.4. The zero-order chi connectivity index (χ0) is 22.4. The number of aldehydes is 1. The summed E-state index contributed by atoms with van der Waals surface area (Å²) in [6.45, 7) is 7.06. The molecule has 0 aliphatic carbocycles. The highest BCUT2D eigenvalue weighted by Crippen LogP contribution is 2.25. The molecular weight excluding hydrogens is 416 g/mol. The summed E-state index contributed by atoms with van der Waals surface area (Å²) in [5.41, 5.74) is 1.07. The molecule has 6 nitrogen and oxygen atoms in total. The van der Waals surface area contributed by atoms with Crippen LogP contribution < -0.4 is 10.3 Å². The molecule has 0 fully saturated rings. The average molecular weight is 436 g/mol. The maximum atomic E-state index is 13.7. The van der Waals surface area contributed by atoms with Crippen LogP contribution >= 0.6 is 11.6 Å². The third kappa shape index (κ3) is 4.88. The van der Waals surface area contributed by atoms with Crippen LogP contribution in [0.25, 0.3) is 5.69 Å². The Labute approximate surface area is 177 Å². The van der Waals surface area contributed by atoms with Crippen molar-refractivity contribution >= 4 is 17.9 Å². The molecule has 0 aliphatic heterocycles. The maximum Gasteiger partial charge on any atom is 0.277 e. The van der Waals surface area contributed by atoms with E-state index in [0.29, 0.717) is 29.3 Å². The molecule has 0 saturated heterocycles. The second-order valence-corrected chi connectivity index (χ2v) is 6.37. The van der Waals surface area contributed by atoms with Crippen molar-refractivity contribution in [3.05, 3.63) is 80.2 Å². The second kappa shape index (κ2) is 10.1. The largest absolute Gasteiger partial charge is 0.485 e. The number of halogens is 3. The SMILES string of the molecule is CC.Cc1cnc(C=O)cc1-n1c(C)cc(OCc2ncc(F)cc2F)c(Cl)c1=O. The summed E-state index contributed by atoms with van der Waals surface area (Å²) in [5, 5.41) is -0.225. The lowest BCUT2D eigenvalue weighted by Gasteiger charge is -2.16. The van der Waals surface area contributed by atoms with Gasteiger partial charge >= 0.3 is 0 Å². The third-order valence-corrected chi connectivity index (χ3v) is 4.35. The average Bonchev–Trinajstić information content (AvgIpc) is 2.73. The molecule has 30 heavy (non-hydrogen) atoms. The second-order valence-electron chi connectivity index (χ2n) is 5.99. The maximum absolute atomic E-state index is 13.7. The van der Waals surface area contributed by atoms with Crippen molar-refractivity contribution in [3.8, 4) is 11.4 Å². The highest BCUT2D eigenvalue weighted by Gasteiger charge is 2.17. The first-order chi connectivity index (χ1) is 14.3. The molecule has 3 aromatic rings. The van der Waals surface area contributed by atoms with Crippen molar-refractivity contribution in [2.75, 3.05) is 0 Å². The van der Waals surface area contributed by atoms with Gasteiger partial charge in [0.15, 0.2) is 12.1 Å². The number of carbonyl (C=O) groups excluding carboxylic acids is 1. The molecule has 0 amide bonds. The number of hydrogen-bond acceptors (Lipinski definition) is 5. The lowest BCUT2D eigenvalue weighted by molar-refractivity contribution is 0.111. The summed E-state index contributed by atoms with van der Waals surface area (Å²) in [6, 6.07) is 3.67. The number of carbonyl (C=O) groups is 1. The Bertz CT molecular complexity index is 1130. The van der Waals surface area contributed by atoms with Crippen LogP contribution in [-0.2, 0) is 6.61 Å². The molecule has 0 unspecified atom stereocenters. The normalized spacial score (nSPS) is 10.2. The van der Waals surface area contributed by atoms with Crippen LogP contribution in [0.3, 0.4) is 0 Å². The van der Waals surface area contributed by atoms with Crippen LogP contribution in [0.15, 0.2) is 35.4 Å². The standard InChI is InChI=1S/C19H14ClF2N3O3.C2H6/c1-10-6-23-13(8-26)5-16(10)25-11(2)3-17(18(20)19(25)27)28-9-15-14(22)4-12(21)7-24-15;1-2/h3-8H,9H2,1-2H3;1-2H3. The molecule has 0 saturated carbocycles. The van der Waals surface area contributed by atoms with Crippen LogP contribution in [0.5, 0.6) is 5.75 Å². The van der Waals surface area contributed by atoms with Gasteiger partial charge in [0.25, 0.3) is 5.56 Å². The molecule has 0 spiro atoms. The Balaban J connectivity index is 0.00000155. The molecule has 9 heteroatoms. The van der Waals surface area contributed by atoms with E-state index in [1.54, 1.807) is 13.8 Å². The van der Waals surface area contributed by atoms with Gasteiger partial charge in [0, 0.05) is 24.0 Å². The molecule has 158 valence electrons. The lowest BCUT2D eigenvalue weighted by Crippen LogP contribution is -2.23. The smallest absolute Gasteiger partial charge is 0.277 e. The molecule has 3 aromatic heterocycles. The van der Waals surface area contributed by atoms with Crippen molar-refractivity contribution in [2.45, 2.75) is 34.3 Å². The van der Waals surface area contributed by atoms with Crippen molar-refractivity contribution in [1.82, 2.24) is 14.5 Å². The number of hydrogen-bond donors (Lipinski definition) is 0. The molecule has 0 aromatic carbocycles. The predicted molar refractivity (Wildman–Crippen MR) is 110 cm³/mol. The van der Waals surface area contributed by atoms with Crippen LogP contribution in [0.2, 0.25) is 5.02 Å².